The normalized spacial score (nSPS) is 20.8. The van der Waals surface area contributed by atoms with Gasteiger partial charge in [-0.2, -0.15) is 0 Å². The first-order chi connectivity index (χ1) is 25.4. The Labute approximate surface area is 310 Å². The standard InChI is InChI=1S/C35H48N6O13/c1-17(44)31(40-30(50)11-20(45)10-27(47)24-16-54-35(39-24)21-6-4-5-7-26(21)46)34(53)38-23(15-43)33(52)37-22(14-42)32(51)36-19-8-18-9-28(48)29(49)12-25(18)41(2,3)13-19/h4-7,9,12,17,19-20,22-24,27,31,42-45,47H,8,10-11,13-16H2,1-3H3,(H6-,36,37,38,39,40,46,48,49,50,51,52,53)/p+1/t17-,19+,20-,22+,23-,24+,27?,31+/m1/s1. The summed E-state index contributed by atoms with van der Waals surface area (Å²) in [6.45, 7) is -0.307. The minimum Gasteiger partial charge on any atom is -0.507 e. The molecule has 1 unspecified atom stereocenters. The Morgan fingerprint density at radius 3 is 2.17 bits per heavy atom. The van der Waals surface area contributed by atoms with Crippen molar-refractivity contribution < 1.29 is 64.8 Å². The van der Waals surface area contributed by atoms with E-state index in [4.69, 9.17) is 4.74 Å². The van der Waals surface area contributed by atoms with Crippen molar-refractivity contribution in [2.75, 3.05) is 40.5 Å². The van der Waals surface area contributed by atoms with E-state index in [1.165, 1.54) is 25.1 Å². The van der Waals surface area contributed by atoms with E-state index >= 15 is 0 Å². The third kappa shape index (κ3) is 10.3. The maximum Gasteiger partial charge on any atom is 0.245 e. The van der Waals surface area contributed by atoms with Crippen LogP contribution in [-0.4, -0.2) is 159 Å². The molecule has 4 rings (SSSR count). The molecule has 0 aliphatic carbocycles. The molecule has 19 heteroatoms. The predicted octanol–water partition coefficient (Wildman–Crippen LogP) is -3.42. The summed E-state index contributed by atoms with van der Waals surface area (Å²) in [7, 11) is 3.67. The molecule has 2 heterocycles. The number of ether oxygens (including phenoxy) is 1. The highest BCUT2D eigenvalue weighted by molar-refractivity contribution is 5.97. The molecule has 54 heavy (non-hydrogen) atoms. The van der Waals surface area contributed by atoms with Crippen LogP contribution in [0.3, 0.4) is 0 Å². The van der Waals surface area contributed by atoms with E-state index in [1.54, 1.807) is 18.2 Å². The van der Waals surface area contributed by atoms with Gasteiger partial charge in [-0.15, -0.1) is 0 Å². The fourth-order valence-corrected chi connectivity index (χ4v) is 6.39. The molecule has 0 saturated heterocycles. The number of phenols is 3. The number of carbonyl (C=O) groups excluding carboxylic acids is 4. The monoisotopic (exact) mass is 761 g/mol. The SMILES string of the molecule is C[C@@H](O)[C@H](NC(=O)C[C@H](O)CC(O)[C@@H]1COC(c2ccccc2O)=N1)C(=O)N[C@H](CO)C(=O)N[C@@H](CO)C(=O)N[C@H]1Cc2cc(O)c(O)cc2[N+](C)(C)C1. The first-order valence-corrected chi connectivity index (χ1v) is 17.3. The van der Waals surface area contributed by atoms with Crippen LogP contribution in [0.2, 0.25) is 0 Å². The highest BCUT2D eigenvalue weighted by atomic mass is 16.5. The van der Waals surface area contributed by atoms with Crippen molar-refractivity contribution in [1.29, 1.82) is 0 Å². The quantitative estimate of drug-likeness (QED) is 0.0587. The van der Waals surface area contributed by atoms with Crippen molar-refractivity contribution in [3.05, 3.63) is 47.5 Å². The van der Waals surface area contributed by atoms with Gasteiger partial charge in [0.05, 0.1) is 63.6 Å². The number of nitrogens with one attached hydrogen (secondary N) is 4. The van der Waals surface area contributed by atoms with Gasteiger partial charge < -0.3 is 66.9 Å². The van der Waals surface area contributed by atoms with Crippen LogP contribution in [0.15, 0.2) is 41.4 Å². The highest BCUT2D eigenvalue weighted by Gasteiger charge is 2.38. The summed E-state index contributed by atoms with van der Waals surface area (Å²) < 4.78 is 5.71. The third-order valence-electron chi connectivity index (χ3n) is 9.22. The average Bonchev–Trinajstić information content (AvgIpc) is 3.59. The number of benzene rings is 2. The third-order valence-corrected chi connectivity index (χ3v) is 9.22. The maximum absolute atomic E-state index is 13.1. The zero-order valence-corrected chi connectivity index (χ0v) is 30.0. The van der Waals surface area contributed by atoms with E-state index in [0.717, 1.165) is 5.69 Å². The number of hydrogen-bond donors (Lipinski definition) is 12. The van der Waals surface area contributed by atoms with Gasteiger partial charge in [0, 0.05) is 24.5 Å². The van der Waals surface area contributed by atoms with Crippen LogP contribution < -0.4 is 25.8 Å². The molecule has 2 aliphatic heterocycles. The van der Waals surface area contributed by atoms with Crippen LogP contribution in [0.1, 0.15) is 30.9 Å². The largest absolute Gasteiger partial charge is 0.507 e. The Bertz CT molecular complexity index is 1720. The van der Waals surface area contributed by atoms with Gasteiger partial charge >= 0.3 is 0 Å². The van der Waals surface area contributed by atoms with E-state index < -0.39 is 91.8 Å². The number of aliphatic hydroxyl groups excluding tert-OH is 5. The Balaban J connectivity index is 1.28. The van der Waals surface area contributed by atoms with Gasteiger partial charge in [0.1, 0.15) is 48.8 Å². The molecule has 0 radical (unpaired) electrons. The van der Waals surface area contributed by atoms with Gasteiger partial charge in [-0.3, -0.25) is 23.7 Å². The Hall–Kier alpha value is -5.05. The Morgan fingerprint density at radius 2 is 1.52 bits per heavy atom. The van der Waals surface area contributed by atoms with Gasteiger partial charge in [0.15, 0.2) is 11.5 Å². The fraction of sp³-hybridized carbons (Fsp3) is 0.514. The van der Waals surface area contributed by atoms with Crippen LogP contribution in [0.4, 0.5) is 5.69 Å². The van der Waals surface area contributed by atoms with Gasteiger partial charge in [-0.05, 0) is 25.1 Å². The molecule has 0 bridgehead atoms. The summed E-state index contributed by atoms with van der Waals surface area (Å²) in [6, 6.07) is 3.03. The number of phenolic OH excluding ortho intramolecular Hbond substituents is 3. The number of aliphatic hydroxyl groups is 5. The molecule has 0 aromatic heterocycles. The van der Waals surface area contributed by atoms with Gasteiger partial charge in [0.2, 0.25) is 29.5 Å². The molecule has 0 fully saturated rings. The molecule has 0 spiro atoms. The lowest BCUT2D eigenvalue weighted by Crippen LogP contribution is -2.62. The highest BCUT2D eigenvalue weighted by Crippen LogP contribution is 2.38. The van der Waals surface area contributed by atoms with Crippen molar-refractivity contribution in [2.45, 2.75) is 74.7 Å². The average molecular weight is 762 g/mol. The predicted molar refractivity (Wildman–Crippen MR) is 191 cm³/mol. The second kappa shape index (κ2) is 17.9. The molecule has 19 nitrogen and oxygen atoms in total. The summed E-state index contributed by atoms with van der Waals surface area (Å²) in [5.74, 6) is -4.37. The molecule has 12 N–H and O–H groups in total. The number of amides is 4. The van der Waals surface area contributed by atoms with Crippen LogP contribution in [0.25, 0.3) is 0 Å². The lowest BCUT2D eigenvalue weighted by molar-refractivity contribution is -0.136. The van der Waals surface area contributed by atoms with E-state index in [2.05, 4.69) is 26.3 Å². The smallest absolute Gasteiger partial charge is 0.245 e. The molecule has 4 amide bonds. The van der Waals surface area contributed by atoms with Gasteiger partial charge in [-0.1, -0.05) is 12.1 Å². The molecule has 296 valence electrons. The van der Waals surface area contributed by atoms with Crippen LogP contribution in [0, 0.1) is 0 Å². The second-order valence-corrected chi connectivity index (χ2v) is 14.0. The number of fused-ring (bicyclic) bond motifs is 1. The molecule has 2 aromatic rings. The van der Waals surface area contributed by atoms with E-state index in [9.17, 15) is 60.0 Å². The summed E-state index contributed by atoms with van der Waals surface area (Å²) >= 11 is 0. The fourth-order valence-electron chi connectivity index (χ4n) is 6.39. The molecule has 2 aliphatic rings. The van der Waals surface area contributed by atoms with Gasteiger partial charge in [0.25, 0.3) is 0 Å². The van der Waals surface area contributed by atoms with Crippen LogP contribution >= 0.6 is 0 Å². The number of aliphatic imine (C=N–C) groups is 1. The number of carbonyl (C=O) groups is 4. The lowest BCUT2D eigenvalue weighted by Gasteiger charge is -2.39. The zero-order chi connectivity index (χ0) is 39.9. The molecule has 8 atom stereocenters. The van der Waals surface area contributed by atoms with Crippen molar-refractivity contribution >= 4 is 35.2 Å². The number of quaternary nitrogens is 1. The topological polar surface area (TPSA) is 300 Å². The van der Waals surface area contributed by atoms with Crippen LogP contribution in [-0.2, 0) is 30.3 Å². The van der Waals surface area contributed by atoms with Crippen molar-refractivity contribution in [3.63, 3.8) is 0 Å². The number of hydrogen-bond acceptors (Lipinski definition) is 14. The summed E-state index contributed by atoms with van der Waals surface area (Å²) in [6.07, 6.45) is -4.80. The second-order valence-electron chi connectivity index (χ2n) is 14.0. The number of nitrogens with zero attached hydrogens (tertiary/aromatic N) is 2. The van der Waals surface area contributed by atoms with Gasteiger partial charge in [-0.25, -0.2) is 4.99 Å². The first-order valence-electron chi connectivity index (χ1n) is 17.3. The number of aromatic hydroxyl groups is 3. The van der Waals surface area contributed by atoms with Crippen molar-refractivity contribution in [2.24, 2.45) is 4.99 Å². The summed E-state index contributed by atoms with van der Waals surface area (Å²) in [5.41, 5.74) is 1.73. The zero-order valence-electron chi connectivity index (χ0n) is 30.0. The molecular formula is C35H49N6O13+. The van der Waals surface area contributed by atoms with Crippen molar-refractivity contribution in [1.82, 2.24) is 25.8 Å². The number of para-hydroxylation sites is 1. The van der Waals surface area contributed by atoms with Crippen LogP contribution in [0.5, 0.6) is 17.2 Å². The Kier molecular flexibility index (Phi) is 13.8. The molecule has 2 aromatic carbocycles. The molecular weight excluding hydrogens is 712 g/mol. The number of likely N-dealkylation sites (N-methyl/N-ethyl adjacent to an activating group) is 1. The molecule has 0 saturated carbocycles. The van der Waals surface area contributed by atoms with E-state index in [0.29, 0.717) is 17.7 Å². The minimum atomic E-state index is -1.68. The minimum absolute atomic E-state index is 0.0382. The first kappa shape index (κ1) is 41.7. The van der Waals surface area contributed by atoms with E-state index in [1.807, 2.05) is 14.1 Å². The van der Waals surface area contributed by atoms with E-state index in [-0.39, 0.29) is 47.1 Å². The Morgan fingerprint density at radius 1 is 0.889 bits per heavy atom. The summed E-state index contributed by atoms with van der Waals surface area (Å²) in [4.78, 5) is 56.2. The lowest BCUT2D eigenvalue weighted by atomic mass is 9.95. The maximum atomic E-state index is 13.1. The number of rotatable bonds is 16. The summed E-state index contributed by atoms with van der Waals surface area (Å²) in [5, 5.41) is 90.6. The van der Waals surface area contributed by atoms with Crippen molar-refractivity contribution in [3.8, 4) is 17.2 Å².